The van der Waals surface area contributed by atoms with Gasteiger partial charge in [-0.3, -0.25) is 9.69 Å². The van der Waals surface area contributed by atoms with E-state index in [9.17, 15) is 4.79 Å². The number of carbonyl (C=O) groups is 1. The molecule has 1 heterocycles. The molecule has 1 aliphatic rings. The Morgan fingerprint density at radius 2 is 2.35 bits per heavy atom. The first-order valence-corrected chi connectivity index (χ1v) is 7.41. The van der Waals surface area contributed by atoms with Gasteiger partial charge in [0.15, 0.2) is 0 Å². The molecule has 1 fully saturated rings. The summed E-state index contributed by atoms with van der Waals surface area (Å²) >= 11 is 6.76. The minimum atomic E-state index is 0.153. The fraction of sp³-hybridized carbons (Fsp3) is 0.818. The molecule has 0 aromatic carbocycles. The van der Waals surface area contributed by atoms with Crippen LogP contribution in [0.5, 0.6) is 0 Å². The van der Waals surface area contributed by atoms with Gasteiger partial charge < -0.3 is 10.6 Å². The Morgan fingerprint density at radius 1 is 1.65 bits per heavy atom. The zero-order chi connectivity index (χ0) is 12.8. The van der Waals surface area contributed by atoms with E-state index in [0.29, 0.717) is 30.5 Å². The van der Waals surface area contributed by atoms with Gasteiger partial charge in [-0.2, -0.15) is 11.8 Å². The van der Waals surface area contributed by atoms with Gasteiger partial charge >= 0.3 is 0 Å². The molecule has 98 valence electrons. The van der Waals surface area contributed by atoms with Gasteiger partial charge in [-0.05, 0) is 6.92 Å². The van der Waals surface area contributed by atoms with Gasteiger partial charge in [0, 0.05) is 44.1 Å². The SMILES string of the molecule is CC1CSCCN1CC(=O)N(C)CCC(N)=S. The molecule has 1 atom stereocenters. The smallest absolute Gasteiger partial charge is 0.236 e. The van der Waals surface area contributed by atoms with E-state index < -0.39 is 0 Å². The molecule has 0 aromatic rings. The normalized spacial score (nSPS) is 21.2. The first-order chi connectivity index (χ1) is 8.00. The Balaban J connectivity index is 2.34. The van der Waals surface area contributed by atoms with Crippen molar-refractivity contribution in [3.63, 3.8) is 0 Å². The summed E-state index contributed by atoms with van der Waals surface area (Å²) in [6, 6.07) is 0.488. The Kier molecular flexibility index (Phi) is 6.22. The molecule has 2 N–H and O–H groups in total. The van der Waals surface area contributed by atoms with Crippen molar-refractivity contribution in [2.24, 2.45) is 5.73 Å². The molecule has 0 saturated carbocycles. The molecule has 0 aliphatic carbocycles. The van der Waals surface area contributed by atoms with Crippen LogP contribution < -0.4 is 5.73 Å². The van der Waals surface area contributed by atoms with E-state index in [1.165, 1.54) is 0 Å². The Morgan fingerprint density at radius 3 is 2.94 bits per heavy atom. The maximum Gasteiger partial charge on any atom is 0.236 e. The largest absolute Gasteiger partial charge is 0.393 e. The molecule has 0 spiro atoms. The van der Waals surface area contributed by atoms with Crippen LogP contribution in [0, 0.1) is 0 Å². The third-order valence-electron chi connectivity index (χ3n) is 2.96. The van der Waals surface area contributed by atoms with E-state index >= 15 is 0 Å². The second kappa shape index (κ2) is 7.18. The molecule has 0 aromatic heterocycles. The van der Waals surface area contributed by atoms with Crippen molar-refractivity contribution in [1.82, 2.24) is 9.80 Å². The molecule has 0 bridgehead atoms. The van der Waals surface area contributed by atoms with E-state index in [1.807, 2.05) is 18.8 Å². The summed E-state index contributed by atoms with van der Waals surface area (Å²) in [5, 5.41) is 0. The Bertz CT molecular complexity index is 286. The topological polar surface area (TPSA) is 49.6 Å². The fourth-order valence-corrected chi connectivity index (χ4v) is 2.87. The summed E-state index contributed by atoms with van der Waals surface area (Å²) in [4.78, 5) is 16.4. The second-order valence-electron chi connectivity index (χ2n) is 4.43. The zero-order valence-corrected chi connectivity index (χ0v) is 12.1. The van der Waals surface area contributed by atoms with E-state index in [-0.39, 0.29) is 5.91 Å². The highest BCUT2D eigenvalue weighted by Crippen LogP contribution is 2.15. The van der Waals surface area contributed by atoms with Crippen LogP contribution in [-0.4, -0.2) is 64.9 Å². The van der Waals surface area contributed by atoms with Crippen LogP contribution in [0.4, 0.5) is 0 Å². The van der Waals surface area contributed by atoms with Crippen molar-refractivity contribution >= 4 is 34.9 Å². The summed E-state index contributed by atoms with van der Waals surface area (Å²) in [6.07, 6.45) is 0.600. The van der Waals surface area contributed by atoms with Crippen LogP contribution in [0.25, 0.3) is 0 Å². The average molecular weight is 275 g/mol. The van der Waals surface area contributed by atoms with E-state index in [4.69, 9.17) is 18.0 Å². The lowest BCUT2D eigenvalue weighted by molar-refractivity contribution is -0.131. The lowest BCUT2D eigenvalue weighted by Crippen LogP contribution is -2.46. The van der Waals surface area contributed by atoms with Gasteiger partial charge in [0.05, 0.1) is 11.5 Å². The number of hydrogen-bond donors (Lipinski definition) is 1. The standard InChI is InChI=1S/C11H21N3OS2/c1-9-8-17-6-5-14(9)7-11(15)13(2)4-3-10(12)16/h9H,3-8H2,1-2H3,(H2,12,16). The number of nitrogens with two attached hydrogens (primary N) is 1. The molecule has 1 amide bonds. The van der Waals surface area contributed by atoms with Crippen molar-refractivity contribution in [1.29, 1.82) is 0 Å². The monoisotopic (exact) mass is 275 g/mol. The first kappa shape index (κ1) is 14.7. The van der Waals surface area contributed by atoms with Crippen LogP contribution in [0.1, 0.15) is 13.3 Å². The number of rotatable bonds is 5. The minimum absolute atomic E-state index is 0.153. The quantitative estimate of drug-likeness (QED) is 0.743. The number of nitrogens with zero attached hydrogens (tertiary/aromatic N) is 2. The van der Waals surface area contributed by atoms with Crippen LogP contribution in [0.2, 0.25) is 0 Å². The summed E-state index contributed by atoms with van der Waals surface area (Å²) in [6.45, 7) is 4.30. The van der Waals surface area contributed by atoms with Gasteiger partial charge in [0.1, 0.15) is 0 Å². The zero-order valence-electron chi connectivity index (χ0n) is 10.5. The fourth-order valence-electron chi connectivity index (χ4n) is 1.69. The van der Waals surface area contributed by atoms with Crippen molar-refractivity contribution < 1.29 is 4.79 Å². The summed E-state index contributed by atoms with van der Waals surface area (Å²) in [5.41, 5.74) is 5.43. The summed E-state index contributed by atoms with van der Waals surface area (Å²) in [7, 11) is 1.81. The van der Waals surface area contributed by atoms with Gasteiger partial charge in [0.25, 0.3) is 0 Å². The predicted octanol–water partition coefficient (Wildman–Crippen LogP) is 0.558. The van der Waals surface area contributed by atoms with Crippen molar-refractivity contribution in [3.05, 3.63) is 0 Å². The molecule has 1 saturated heterocycles. The Labute approximate surface area is 113 Å². The highest BCUT2D eigenvalue weighted by atomic mass is 32.2. The molecule has 0 radical (unpaired) electrons. The summed E-state index contributed by atoms with van der Waals surface area (Å²) in [5.74, 6) is 2.39. The minimum Gasteiger partial charge on any atom is -0.393 e. The maximum atomic E-state index is 12.0. The molecule has 1 unspecified atom stereocenters. The van der Waals surface area contributed by atoms with Gasteiger partial charge in [-0.25, -0.2) is 0 Å². The highest BCUT2D eigenvalue weighted by molar-refractivity contribution is 7.99. The molecule has 1 aliphatic heterocycles. The number of amides is 1. The van der Waals surface area contributed by atoms with Crippen LogP contribution in [0.3, 0.4) is 0 Å². The first-order valence-electron chi connectivity index (χ1n) is 5.84. The van der Waals surface area contributed by atoms with Crippen molar-refractivity contribution in [3.8, 4) is 0 Å². The van der Waals surface area contributed by atoms with E-state index in [2.05, 4.69) is 11.8 Å². The van der Waals surface area contributed by atoms with E-state index in [1.54, 1.807) is 4.90 Å². The highest BCUT2D eigenvalue weighted by Gasteiger charge is 2.22. The van der Waals surface area contributed by atoms with Crippen LogP contribution in [-0.2, 0) is 4.79 Å². The van der Waals surface area contributed by atoms with Crippen molar-refractivity contribution in [2.75, 3.05) is 38.2 Å². The van der Waals surface area contributed by atoms with Gasteiger partial charge in [-0.1, -0.05) is 12.2 Å². The van der Waals surface area contributed by atoms with Crippen LogP contribution in [0.15, 0.2) is 0 Å². The molecule has 1 rings (SSSR count). The van der Waals surface area contributed by atoms with Crippen molar-refractivity contribution in [2.45, 2.75) is 19.4 Å². The molecular weight excluding hydrogens is 254 g/mol. The van der Waals surface area contributed by atoms with Crippen LogP contribution >= 0.6 is 24.0 Å². The predicted molar refractivity (Wildman–Crippen MR) is 77.4 cm³/mol. The van der Waals surface area contributed by atoms with E-state index in [0.717, 1.165) is 18.1 Å². The number of thiocarbonyl (C=S) groups is 1. The third-order valence-corrected chi connectivity index (χ3v) is 4.36. The molecule has 4 nitrogen and oxygen atoms in total. The molecular formula is C11H21N3OS2. The summed E-state index contributed by atoms with van der Waals surface area (Å²) < 4.78 is 0. The maximum absolute atomic E-state index is 12.0. The third kappa shape index (κ3) is 5.23. The lowest BCUT2D eigenvalue weighted by Gasteiger charge is -2.33. The lowest BCUT2D eigenvalue weighted by atomic mass is 10.3. The van der Waals surface area contributed by atoms with Gasteiger partial charge in [-0.15, -0.1) is 0 Å². The Hall–Kier alpha value is -0.330. The van der Waals surface area contributed by atoms with Gasteiger partial charge in [0.2, 0.25) is 5.91 Å². The number of thioether (sulfide) groups is 1. The average Bonchev–Trinajstić information content (AvgIpc) is 2.28. The second-order valence-corrected chi connectivity index (χ2v) is 6.10. The number of carbonyl (C=O) groups excluding carboxylic acids is 1. The molecule has 17 heavy (non-hydrogen) atoms. The number of likely N-dealkylation sites (N-methyl/N-ethyl adjacent to an activating group) is 1. The number of hydrogen-bond acceptors (Lipinski definition) is 4. The molecule has 6 heteroatoms.